The molecule has 0 bridgehead atoms. The van der Waals surface area contributed by atoms with Gasteiger partial charge in [0.2, 0.25) is 6.79 Å². The molecule has 1 heterocycles. The molecule has 0 fully saturated rings. The number of benzene rings is 3. The Labute approximate surface area is 196 Å². The average molecular weight is 464 g/mol. The number of rotatable bonds is 9. The first-order chi connectivity index (χ1) is 16.5. The first-order valence-corrected chi connectivity index (χ1v) is 10.7. The van der Waals surface area contributed by atoms with Crippen LogP contribution in [-0.2, 0) is 11.3 Å². The van der Waals surface area contributed by atoms with Crippen LogP contribution in [0.3, 0.4) is 0 Å². The Morgan fingerprint density at radius 2 is 1.82 bits per heavy atom. The Morgan fingerprint density at radius 3 is 2.53 bits per heavy atom. The van der Waals surface area contributed by atoms with Crippen LogP contribution in [0.2, 0.25) is 0 Å². The van der Waals surface area contributed by atoms with E-state index in [0.717, 1.165) is 5.56 Å². The van der Waals surface area contributed by atoms with E-state index in [1.54, 1.807) is 36.3 Å². The summed E-state index contributed by atoms with van der Waals surface area (Å²) in [5.74, 6) is 2.18. The smallest absolute Gasteiger partial charge is 0.270 e. The minimum atomic E-state index is -0.466. The van der Waals surface area contributed by atoms with Crippen LogP contribution >= 0.6 is 0 Å². The van der Waals surface area contributed by atoms with E-state index in [2.05, 4.69) is 0 Å². The van der Waals surface area contributed by atoms with Gasteiger partial charge in [0.15, 0.2) is 18.1 Å². The predicted octanol–water partition coefficient (Wildman–Crippen LogP) is 4.43. The molecule has 3 aromatic rings. The number of fused-ring (bicyclic) bond motifs is 1. The summed E-state index contributed by atoms with van der Waals surface area (Å²) in [7, 11) is 1.56. The molecular formula is C25H24N2O7. The second-order valence-corrected chi connectivity index (χ2v) is 7.55. The van der Waals surface area contributed by atoms with E-state index in [-0.39, 0.29) is 25.0 Å². The van der Waals surface area contributed by atoms with E-state index in [1.165, 1.54) is 18.2 Å². The van der Waals surface area contributed by atoms with Crippen LogP contribution in [0, 0.1) is 10.1 Å². The summed E-state index contributed by atoms with van der Waals surface area (Å²) in [5, 5.41) is 11.3. The maximum absolute atomic E-state index is 12.9. The molecule has 0 saturated heterocycles. The topological polar surface area (TPSA) is 100 Å². The molecule has 9 nitrogen and oxygen atoms in total. The fourth-order valence-corrected chi connectivity index (χ4v) is 3.62. The van der Waals surface area contributed by atoms with E-state index in [9.17, 15) is 14.9 Å². The quantitative estimate of drug-likeness (QED) is 0.341. The van der Waals surface area contributed by atoms with Crippen LogP contribution < -0.4 is 18.9 Å². The highest BCUT2D eigenvalue weighted by Crippen LogP contribution is 2.35. The third kappa shape index (κ3) is 5.03. The lowest BCUT2D eigenvalue weighted by atomic mass is 10.0. The molecular weight excluding hydrogens is 440 g/mol. The number of carbonyl (C=O) groups is 1. The third-order valence-electron chi connectivity index (χ3n) is 5.47. The van der Waals surface area contributed by atoms with Gasteiger partial charge in [0.05, 0.1) is 12.0 Å². The Hall–Kier alpha value is -4.27. The second-order valence-electron chi connectivity index (χ2n) is 7.55. The maximum atomic E-state index is 12.9. The molecule has 0 radical (unpaired) electrons. The number of hydrogen-bond donors (Lipinski definition) is 0. The molecule has 0 saturated carbocycles. The van der Waals surface area contributed by atoms with Gasteiger partial charge >= 0.3 is 0 Å². The van der Waals surface area contributed by atoms with Crippen LogP contribution in [0.25, 0.3) is 11.1 Å². The van der Waals surface area contributed by atoms with Crippen molar-refractivity contribution in [3.63, 3.8) is 0 Å². The first-order valence-electron chi connectivity index (χ1n) is 10.7. The number of nitro benzene ring substituents is 1. The predicted molar refractivity (Wildman–Crippen MR) is 124 cm³/mol. The van der Waals surface area contributed by atoms with Crippen LogP contribution in [0.4, 0.5) is 5.69 Å². The van der Waals surface area contributed by atoms with Crippen molar-refractivity contribution in [1.82, 2.24) is 4.90 Å². The third-order valence-corrected chi connectivity index (χ3v) is 5.47. The zero-order valence-electron chi connectivity index (χ0n) is 18.9. The maximum Gasteiger partial charge on any atom is 0.270 e. The fraction of sp³-hybridized carbons (Fsp3) is 0.240. The van der Waals surface area contributed by atoms with Crippen molar-refractivity contribution in [2.75, 3.05) is 27.1 Å². The minimum Gasteiger partial charge on any atom is -0.497 e. The van der Waals surface area contributed by atoms with Gasteiger partial charge < -0.3 is 23.8 Å². The van der Waals surface area contributed by atoms with Crippen LogP contribution in [0.15, 0.2) is 60.7 Å². The molecule has 1 aliphatic heterocycles. The highest BCUT2D eigenvalue weighted by molar-refractivity contribution is 5.79. The molecule has 34 heavy (non-hydrogen) atoms. The summed E-state index contributed by atoms with van der Waals surface area (Å²) in [6, 6.07) is 17.0. The second kappa shape index (κ2) is 10.1. The monoisotopic (exact) mass is 464 g/mol. The van der Waals surface area contributed by atoms with Crippen molar-refractivity contribution in [2.45, 2.75) is 13.5 Å². The highest BCUT2D eigenvalue weighted by atomic mass is 16.7. The molecule has 9 heteroatoms. The van der Waals surface area contributed by atoms with Gasteiger partial charge in [-0.3, -0.25) is 14.9 Å². The zero-order chi connectivity index (χ0) is 24.1. The molecule has 0 N–H and O–H groups in total. The van der Waals surface area contributed by atoms with E-state index >= 15 is 0 Å². The van der Waals surface area contributed by atoms with Crippen molar-refractivity contribution in [3.05, 3.63) is 76.3 Å². The van der Waals surface area contributed by atoms with Gasteiger partial charge in [0.1, 0.15) is 11.5 Å². The van der Waals surface area contributed by atoms with Crippen molar-refractivity contribution < 1.29 is 28.7 Å². The number of nitrogens with zero attached hydrogens (tertiary/aromatic N) is 2. The summed E-state index contributed by atoms with van der Waals surface area (Å²) < 4.78 is 21.8. The summed E-state index contributed by atoms with van der Waals surface area (Å²) in [6.45, 7) is 2.75. The lowest BCUT2D eigenvalue weighted by Gasteiger charge is -2.22. The standard InChI is InChI=1S/C25H24N2O7/c1-3-26(14-17-4-10-23-24(12-17)34-16-33-23)25(28)15-32-22-11-7-19(27(29)30)13-21(22)18-5-8-20(31-2)9-6-18/h4-13H,3,14-16H2,1-2H3. The number of hydrogen-bond acceptors (Lipinski definition) is 7. The van der Waals surface area contributed by atoms with E-state index in [4.69, 9.17) is 18.9 Å². The normalized spacial score (nSPS) is 11.7. The molecule has 0 aromatic heterocycles. The number of likely N-dealkylation sites (N-methyl/N-ethyl adjacent to an activating group) is 1. The van der Waals surface area contributed by atoms with Crippen LogP contribution in [0.1, 0.15) is 12.5 Å². The van der Waals surface area contributed by atoms with E-state index in [0.29, 0.717) is 47.2 Å². The van der Waals surface area contributed by atoms with Crippen LogP contribution in [0.5, 0.6) is 23.0 Å². The van der Waals surface area contributed by atoms with E-state index < -0.39 is 4.92 Å². The molecule has 0 spiro atoms. The molecule has 0 aliphatic carbocycles. The zero-order valence-corrected chi connectivity index (χ0v) is 18.9. The number of amides is 1. The summed E-state index contributed by atoms with van der Waals surface area (Å²) in [6.07, 6.45) is 0. The summed E-state index contributed by atoms with van der Waals surface area (Å²) in [5.41, 5.74) is 2.07. The van der Waals surface area contributed by atoms with Crippen molar-refractivity contribution in [1.29, 1.82) is 0 Å². The lowest BCUT2D eigenvalue weighted by Crippen LogP contribution is -2.34. The summed E-state index contributed by atoms with van der Waals surface area (Å²) in [4.78, 5) is 25.4. The molecule has 1 aliphatic rings. The fourth-order valence-electron chi connectivity index (χ4n) is 3.62. The highest BCUT2D eigenvalue weighted by Gasteiger charge is 2.19. The molecule has 176 valence electrons. The Balaban J connectivity index is 1.49. The molecule has 3 aromatic carbocycles. The lowest BCUT2D eigenvalue weighted by molar-refractivity contribution is -0.384. The Kier molecular flexibility index (Phi) is 6.82. The molecule has 0 unspecified atom stereocenters. The minimum absolute atomic E-state index is 0.0671. The SMILES string of the molecule is CCN(Cc1ccc2c(c1)OCO2)C(=O)COc1ccc([N+](=O)[O-])cc1-c1ccc(OC)cc1. The number of nitro groups is 1. The molecule has 0 atom stereocenters. The van der Waals surface area contributed by atoms with Gasteiger partial charge in [-0.2, -0.15) is 0 Å². The number of non-ortho nitro benzene ring substituents is 1. The van der Waals surface area contributed by atoms with Gasteiger partial charge in [0.25, 0.3) is 11.6 Å². The number of ether oxygens (including phenoxy) is 4. The first kappa shape index (κ1) is 22.9. The Morgan fingerprint density at radius 1 is 1.06 bits per heavy atom. The van der Waals surface area contributed by atoms with Crippen molar-refractivity contribution in [2.24, 2.45) is 0 Å². The summed E-state index contributed by atoms with van der Waals surface area (Å²) >= 11 is 0. The van der Waals surface area contributed by atoms with Crippen molar-refractivity contribution in [3.8, 4) is 34.1 Å². The van der Waals surface area contributed by atoms with E-state index in [1.807, 2.05) is 25.1 Å². The average Bonchev–Trinajstić information content (AvgIpc) is 3.33. The van der Waals surface area contributed by atoms with Gasteiger partial charge in [-0.25, -0.2) is 0 Å². The van der Waals surface area contributed by atoms with Gasteiger partial charge in [-0.15, -0.1) is 0 Å². The Bertz CT molecular complexity index is 1190. The van der Waals surface area contributed by atoms with Gasteiger partial charge in [0, 0.05) is 30.8 Å². The van der Waals surface area contributed by atoms with Gasteiger partial charge in [-0.05, 0) is 48.4 Å². The van der Waals surface area contributed by atoms with Gasteiger partial charge in [-0.1, -0.05) is 18.2 Å². The number of carbonyl (C=O) groups excluding carboxylic acids is 1. The number of methoxy groups -OCH3 is 1. The van der Waals surface area contributed by atoms with Crippen molar-refractivity contribution >= 4 is 11.6 Å². The van der Waals surface area contributed by atoms with Crippen LogP contribution in [-0.4, -0.2) is 42.8 Å². The molecule has 4 rings (SSSR count). The molecule has 1 amide bonds. The largest absolute Gasteiger partial charge is 0.497 e.